The fourth-order valence-corrected chi connectivity index (χ4v) is 4.32. The number of piperidine rings is 1. The molecule has 5 rings (SSSR count). The van der Waals surface area contributed by atoms with Crippen molar-refractivity contribution in [3.8, 4) is 11.5 Å². The average Bonchev–Trinajstić information content (AvgIpc) is 3.32. The maximum Gasteiger partial charge on any atom is 0.253 e. The molecule has 2 amide bonds. The fourth-order valence-electron chi connectivity index (χ4n) is 4.32. The maximum atomic E-state index is 13.1. The number of pyridine rings is 1. The van der Waals surface area contributed by atoms with Gasteiger partial charge in [-0.15, -0.1) is 0 Å². The third-order valence-electron chi connectivity index (χ3n) is 6.24. The molecule has 3 heterocycles. The van der Waals surface area contributed by atoms with Crippen molar-refractivity contribution >= 4 is 22.9 Å². The topological polar surface area (TPSA) is 88.3 Å². The van der Waals surface area contributed by atoms with E-state index in [0.29, 0.717) is 43.1 Å². The highest BCUT2D eigenvalue weighted by atomic mass is 16.3. The van der Waals surface area contributed by atoms with Gasteiger partial charge in [0.2, 0.25) is 11.8 Å². The number of likely N-dealkylation sites (tertiary alicyclic amines) is 1. The van der Waals surface area contributed by atoms with Gasteiger partial charge in [0.25, 0.3) is 5.91 Å². The van der Waals surface area contributed by atoms with E-state index in [0.717, 1.165) is 29.5 Å². The first kappa shape index (κ1) is 21.8. The van der Waals surface area contributed by atoms with Crippen molar-refractivity contribution in [3.05, 3.63) is 84.2 Å². The quantitative estimate of drug-likeness (QED) is 0.465. The van der Waals surface area contributed by atoms with Crippen LogP contribution in [-0.2, 0) is 11.3 Å². The number of aromatic nitrogens is 2. The summed E-state index contributed by atoms with van der Waals surface area (Å²) < 4.78 is 5.92. The average molecular weight is 455 g/mol. The van der Waals surface area contributed by atoms with Crippen LogP contribution in [0, 0.1) is 5.92 Å². The molecule has 7 nitrogen and oxygen atoms in total. The van der Waals surface area contributed by atoms with Crippen molar-refractivity contribution in [3.63, 3.8) is 0 Å². The van der Waals surface area contributed by atoms with Crippen molar-refractivity contribution in [2.45, 2.75) is 25.8 Å². The number of oxazole rings is 1. The number of hydrogen-bond acceptors (Lipinski definition) is 5. The van der Waals surface area contributed by atoms with Gasteiger partial charge in [-0.25, -0.2) is 4.98 Å². The summed E-state index contributed by atoms with van der Waals surface area (Å²) in [7, 11) is 0. The highest BCUT2D eigenvalue weighted by Crippen LogP contribution is 2.26. The second-order valence-corrected chi connectivity index (χ2v) is 8.65. The summed E-state index contributed by atoms with van der Waals surface area (Å²) in [5.41, 5.74) is 3.81. The van der Waals surface area contributed by atoms with Crippen LogP contribution < -0.4 is 5.32 Å². The lowest BCUT2D eigenvalue weighted by molar-refractivity contribution is -0.122. The van der Waals surface area contributed by atoms with E-state index in [4.69, 9.17) is 4.42 Å². The zero-order chi connectivity index (χ0) is 23.3. The number of nitrogens with one attached hydrogen (secondary N) is 1. The molecule has 0 spiro atoms. The maximum absolute atomic E-state index is 13.1. The summed E-state index contributed by atoms with van der Waals surface area (Å²) in [5, 5.41) is 2.96. The highest BCUT2D eigenvalue weighted by Gasteiger charge is 2.25. The first-order valence-electron chi connectivity index (χ1n) is 11.6. The number of carbonyl (C=O) groups excluding carboxylic acids is 2. The zero-order valence-electron chi connectivity index (χ0n) is 18.8. The van der Waals surface area contributed by atoms with Gasteiger partial charge in [-0.2, -0.15) is 0 Å². The number of rotatable bonds is 6. The smallest absolute Gasteiger partial charge is 0.253 e. The summed E-state index contributed by atoms with van der Waals surface area (Å²) in [5.74, 6) is 0.851. The third kappa shape index (κ3) is 4.98. The van der Waals surface area contributed by atoms with Gasteiger partial charge in [0.1, 0.15) is 5.52 Å². The first-order valence-corrected chi connectivity index (χ1v) is 11.6. The Morgan fingerprint density at radius 1 is 1.03 bits per heavy atom. The van der Waals surface area contributed by atoms with Gasteiger partial charge in [0.15, 0.2) is 5.58 Å². The molecule has 2 aromatic heterocycles. The second kappa shape index (κ2) is 9.87. The fraction of sp³-hybridized carbons (Fsp3) is 0.259. The number of nitrogens with zero attached hydrogens (tertiary/aromatic N) is 3. The van der Waals surface area contributed by atoms with Gasteiger partial charge in [0, 0.05) is 49.6 Å². The van der Waals surface area contributed by atoms with Crippen LogP contribution in [0.2, 0.25) is 0 Å². The second-order valence-electron chi connectivity index (χ2n) is 8.65. The Kier molecular flexibility index (Phi) is 6.33. The number of fused-ring (bicyclic) bond motifs is 1. The molecule has 1 aliphatic rings. The minimum atomic E-state index is -0.0148. The summed E-state index contributed by atoms with van der Waals surface area (Å²) in [6.07, 6.45) is 5.58. The lowest BCUT2D eigenvalue weighted by Gasteiger charge is -2.31. The van der Waals surface area contributed by atoms with Crippen LogP contribution in [0.4, 0.5) is 0 Å². The van der Waals surface area contributed by atoms with Crippen molar-refractivity contribution in [2.24, 2.45) is 5.92 Å². The van der Waals surface area contributed by atoms with E-state index >= 15 is 0 Å². The van der Waals surface area contributed by atoms with Gasteiger partial charge >= 0.3 is 0 Å². The molecule has 0 saturated carbocycles. The van der Waals surface area contributed by atoms with Crippen molar-refractivity contribution in [1.29, 1.82) is 0 Å². The molecule has 1 fully saturated rings. The van der Waals surface area contributed by atoms with E-state index in [1.165, 1.54) is 0 Å². The van der Waals surface area contributed by atoms with Crippen LogP contribution in [0.1, 0.15) is 35.2 Å². The summed E-state index contributed by atoms with van der Waals surface area (Å²) in [4.78, 5) is 35.9. The number of hydrogen-bond donors (Lipinski definition) is 1. The Bertz CT molecular complexity index is 1280. The minimum absolute atomic E-state index is 0.0148. The lowest BCUT2D eigenvalue weighted by atomic mass is 9.93. The van der Waals surface area contributed by atoms with Crippen LogP contribution in [0.3, 0.4) is 0 Å². The SMILES string of the molecule is O=C(CC1CCN(C(=O)c2ccc3nc(-c4ccccc4)oc3c2)CC1)NCc1cccnc1. The van der Waals surface area contributed by atoms with Gasteiger partial charge in [0.05, 0.1) is 0 Å². The van der Waals surface area contributed by atoms with E-state index in [1.807, 2.05) is 53.4 Å². The molecule has 1 N–H and O–H groups in total. The van der Waals surface area contributed by atoms with Crippen LogP contribution in [0.5, 0.6) is 0 Å². The van der Waals surface area contributed by atoms with E-state index in [1.54, 1.807) is 24.5 Å². The Labute approximate surface area is 197 Å². The normalized spacial score (nSPS) is 14.3. The molecule has 7 heteroatoms. The molecule has 0 unspecified atom stereocenters. The minimum Gasteiger partial charge on any atom is -0.436 e. The molecule has 4 aromatic rings. The Balaban J connectivity index is 1.16. The van der Waals surface area contributed by atoms with Crippen molar-refractivity contribution < 1.29 is 14.0 Å². The largest absolute Gasteiger partial charge is 0.436 e. The van der Waals surface area contributed by atoms with Crippen LogP contribution in [0.15, 0.2) is 77.5 Å². The molecule has 0 atom stereocenters. The predicted octanol–water partition coefficient (Wildman–Crippen LogP) is 4.45. The molecule has 0 bridgehead atoms. The Morgan fingerprint density at radius 2 is 1.85 bits per heavy atom. The Morgan fingerprint density at radius 3 is 2.62 bits per heavy atom. The summed E-state index contributed by atoms with van der Waals surface area (Å²) >= 11 is 0. The molecule has 1 aliphatic heterocycles. The number of carbonyl (C=O) groups is 2. The van der Waals surface area contributed by atoms with E-state index in [2.05, 4.69) is 15.3 Å². The lowest BCUT2D eigenvalue weighted by Crippen LogP contribution is -2.39. The van der Waals surface area contributed by atoms with Crippen molar-refractivity contribution in [2.75, 3.05) is 13.1 Å². The molecule has 172 valence electrons. The third-order valence-corrected chi connectivity index (χ3v) is 6.24. The standard InChI is InChI=1S/C27H26N4O3/c32-25(29-18-20-5-4-12-28-17-20)15-19-10-13-31(14-11-19)27(33)22-8-9-23-24(16-22)34-26(30-23)21-6-2-1-3-7-21/h1-9,12,16-17,19H,10-11,13-15,18H2,(H,29,32). The van der Waals surface area contributed by atoms with E-state index < -0.39 is 0 Å². The monoisotopic (exact) mass is 454 g/mol. The van der Waals surface area contributed by atoms with Crippen molar-refractivity contribution in [1.82, 2.24) is 20.2 Å². The van der Waals surface area contributed by atoms with Crippen LogP contribution in [-0.4, -0.2) is 39.8 Å². The summed E-state index contributed by atoms with van der Waals surface area (Å²) in [6, 6.07) is 18.9. The highest BCUT2D eigenvalue weighted by molar-refractivity contribution is 5.97. The Hall–Kier alpha value is -4.00. The molecular formula is C27H26N4O3. The molecular weight excluding hydrogens is 428 g/mol. The van der Waals surface area contributed by atoms with Gasteiger partial charge in [-0.05, 0) is 60.7 Å². The molecule has 34 heavy (non-hydrogen) atoms. The van der Waals surface area contributed by atoms with Gasteiger partial charge in [-0.1, -0.05) is 24.3 Å². The molecule has 0 radical (unpaired) electrons. The predicted molar refractivity (Wildman–Crippen MR) is 129 cm³/mol. The van der Waals surface area contributed by atoms with Crippen LogP contribution >= 0.6 is 0 Å². The number of benzene rings is 2. The van der Waals surface area contributed by atoms with Gasteiger partial charge < -0.3 is 14.6 Å². The van der Waals surface area contributed by atoms with Crippen LogP contribution in [0.25, 0.3) is 22.6 Å². The first-order chi connectivity index (χ1) is 16.7. The van der Waals surface area contributed by atoms with E-state index in [9.17, 15) is 9.59 Å². The van der Waals surface area contributed by atoms with E-state index in [-0.39, 0.29) is 17.7 Å². The molecule has 1 saturated heterocycles. The molecule has 2 aromatic carbocycles. The summed E-state index contributed by atoms with van der Waals surface area (Å²) in [6.45, 7) is 1.77. The number of amides is 2. The molecule has 0 aliphatic carbocycles. The van der Waals surface area contributed by atoms with Gasteiger partial charge in [-0.3, -0.25) is 14.6 Å². The zero-order valence-corrected chi connectivity index (χ0v) is 18.8.